The number of hydrogen-bond donors (Lipinski definition) is 0. The van der Waals surface area contributed by atoms with Crippen LogP contribution in [0.1, 0.15) is 68.7 Å². The molecule has 0 aromatic heterocycles. The minimum atomic E-state index is -0.487. The first-order valence-electron chi connectivity index (χ1n) is 8.53. The van der Waals surface area contributed by atoms with E-state index in [-0.39, 0.29) is 28.4 Å². The third kappa shape index (κ3) is 7.16. The second kappa shape index (κ2) is 8.86. The van der Waals surface area contributed by atoms with Crippen LogP contribution in [0, 0.1) is 17.3 Å². The van der Waals surface area contributed by atoms with Crippen molar-refractivity contribution in [2.75, 3.05) is 13.2 Å². The standard InChI is InChI=1S/C20H30O4/c1-14(2)12-23-18(21)16-9-7-8-10-17(16)19(22)24-13-15(3)11-20(4,5)6/h7-10,14-15H,11-13H2,1-6H3. The van der Waals surface area contributed by atoms with Crippen LogP contribution in [-0.4, -0.2) is 25.2 Å². The maximum absolute atomic E-state index is 12.3. The molecule has 0 aliphatic carbocycles. The molecule has 0 aliphatic rings. The average Bonchev–Trinajstić information content (AvgIpc) is 2.48. The molecule has 0 saturated heterocycles. The van der Waals surface area contributed by atoms with Crippen molar-refractivity contribution < 1.29 is 19.1 Å². The van der Waals surface area contributed by atoms with Crippen molar-refractivity contribution >= 4 is 11.9 Å². The van der Waals surface area contributed by atoms with E-state index in [9.17, 15) is 9.59 Å². The maximum atomic E-state index is 12.3. The molecular formula is C20H30O4. The Balaban J connectivity index is 2.72. The van der Waals surface area contributed by atoms with E-state index in [1.54, 1.807) is 24.3 Å². The molecule has 1 atom stereocenters. The number of hydrogen-bond acceptors (Lipinski definition) is 4. The van der Waals surface area contributed by atoms with E-state index in [2.05, 4.69) is 27.7 Å². The molecule has 4 heteroatoms. The van der Waals surface area contributed by atoms with Crippen molar-refractivity contribution in [2.45, 2.75) is 48.0 Å². The highest BCUT2D eigenvalue weighted by Crippen LogP contribution is 2.24. The van der Waals surface area contributed by atoms with Crippen LogP contribution >= 0.6 is 0 Å². The summed E-state index contributed by atoms with van der Waals surface area (Å²) >= 11 is 0. The Hall–Kier alpha value is -1.84. The summed E-state index contributed by atoms with van der Waals surface area (Å²) in [5.74, 6) is -0.466. The summed E-state index contributed by atoms with van der Waals surface area (Å²) in [5.41, 5.74) is 0.700. The quantitative estimate of drug-likeness (QED) is 0.677. The van der Waals surface area contributed by atoms with Crippen molar-refractivity contribution in [3.63, 3.8) is 0 Å². The molecule has 1 aromatic carbocycles. The minimum Gasteiger partial charge on any atom is -0.462 e. The molecule has 0 bridgehead atoms. The molecule has 0 fully saturated rings. The van der Waals surface area contributed by atoms with Crippen molar-refractivity contribution in [2.24, 2.45) is 17.3 Å². The lowest BCUT2D eigenvalue weighted by molar-refractivity contribution is 0.0390. The number of carbonyl (C=O) groups excluding carboxylic acids is 2. The normalized spacial score (nSPS) is 12.8. The fraction of sp³-hybridized carbons (Fsp3) is 0.600. The van der Waals surface area contributed by atoms with Gasteiger partial charge in [0, 0.05) is 0 Å². The summed E-state index contributed by atoms with van der Waals surface area (Å²) in [6.07, 6.45) is 0.957. The highest BCUT2D eigenvalue weighted by molar-refractivity contribution is 6.03. The summed E-state index contributed by atoms with van der Waals surface area (Å²) in [5, 5.41) is 0. The molecule has 0 amide bonds. The molecular weight excluding hydrogens is 304 g/mol. The van der Waals surface area contributed by atoms with Crippen LogP contribution in [0.4, 0.5) is 0 Å². The van der Waals surface area contributed by atoms with Crippen LogP contribution in [0.25, 0.3) is 0 Å². The molecule has 1 unspecified atom stereocenters. The summed E-state index contributed by atoms with van der Waals surface area (Å²) < 4.78 is 10.6. The van der Waals surface area contributed by atoms with E-state index >= 15 is 0 Å². The van der Waals surface area contributed by atoms with E-state index in [1.165, 1.54) is 0 Å². The van der Waals surface area contributed by atoms with Crippen molar-refractivity contribution in [3.8, 4) is 0 Å². The number of esters is 2. The van der Waals surface area contributed by atoms with Crippen LogP contribution in [0.3, 0.4) is 0 Å². The average molecular weight is 334 g/mol. The van der Waals surface area contributed by atoms with Gasteiger partial charge in [0.25, 0.3) is 0 Å². The molecule has 0 radical (unpaired) electrons. The zero-order valence-corrected chi connectivity index (χ0v) is 15.7. The number of benzene rings is 1. The van der Waals surface area contributed by atoms with E-state index < -0.39 is 11.9 Å². The van der Waals surface area contributed by atoms with Gasteiger partial charge in [-0.25, -0.2) is 9.59 Å². The van der Waals surface area contributed by atoms with E-state index in [0.717, 1.165) is 6.42 Å². The lowest BCUT2D eigenvalue weighted by Gasteiger charge is -2.23. The van der Waals surface area contributed by atoms with Gasteiger partial charge >= 0.3 is 11.9 Å². The second-order valence-corrected chi connectivity index (χ2v) is 8.01. The molecule has 0 N–H and O–H groups in total. The lowest BCUT2D eigenvalue weighted by Crippen LogP contribution is -2.20. The molecule has 24 heavy (non-hydrogen) atoms. The fourth-order valence-corrected chi connectivity index (χ4v) is 2.56. The lowest BCUT2D eigenvalue weighted by atomic mass is 9.86. The van der Waals surface area contributed by atoms with Crippen molar-refractivity contribution in [1.29, 1.82) is 0 Å². The predicted molar refractivity (Wildman–Crippen MR) is 95.1 cm³/mol. The van der Waals surface area contributed by atoms with Gasteiger partial charge in [-0.3, -0.25) is 0 Å². The van der Waals surface area contributed by atoms with Gasteiger partial charge in [-0.1, -0.05) is 53.7 Å². The first-order chi connectivity index (χ1) is 11.1. The summed E-state index contributed by atoms with van der Waals surface area (Å²) in [4.78, 5) is 24.5. The first-order valence-corrected chi connectivity index (χ1v) is 8.53. The van der Waals surface area contributed by atoms with Crippen molar-refractivity contribution in [3.05, 3.63) is 35.4 Å². The molecule has 0 saturated carbocycles. The topological polar surface area (TPSA) is 52.6 Å². The zero-order chi connectivity index (χ0) is 18.3. The molecule has 1 rings (SSSR count). The van der Waals surface area contributed by atoms with Gasteiger partial charge in [-0.2, -0.15) is 0 Å². The van der Waals surface area contributed by atoms with Gasteiger partial charge in [0.1, 0.15) is 0 Å². The molecule has 0 spiro atoms. The van der Waals surface area contributed by atoms with Gasteiger partial charge in [-0.05, 0) is 35.8 Å². The third-order valence-electron chi connectivity index (χ3n) is 3.37. The Morgan fingerprint density at radius 1 is 0.917 bits per heavy atom. The molecule has 0 heterocycles. The third-order valence-corrected chi connectivity index (χ3v) is 3.37. The monoisotopic (exact) mass is 334 g/mol. The first kappa shape index (κ1) is 20.2. The molecule has 1 aromatic rings. The summed E-state index contributed by atoms with van der Waals surface area (Å²) in [6.45, 7) is 13.1. The Morgan fingerprint density at radius 2 is 1.38 bits per heavy atom. The molecule has 134 valence electrons. The second-order valence-electron chi connectivity index (χ2n) is 8.01. The number of carbonyl (C=O) groups is 2. The van der Waals surface area contributed by atoms with Crippen LogP contribution in [0.5, 0.6) is 0 Å². The zero-order valence-electron chi connectivity index (χ0n) is 15.7. The minimum absolute atomic E-state index is 0.185. The molecule has 0 aliphatic heterocycles. The highest BCUT2D eigenvalue weighted by Gasteiger charge is 2.21. The Morgan fingerprint density at radius 3 is 1.79 bits per heavy atom. The van der Waals surface area contributed by atoms with E-state index in [4.69, 9.17) is 9.47 Å². The van der Waals surface area contributed by atoms with Gasteiger partial charge in [0.15, 0.2) is 0 Å². The van der Waals surface area contributed by atoms with Gasteiger partial charge in [0.2, 0.25) is 0 Å². The number of ether oxygens (including phenoxy) is 2. The van der Waals surface area contributed by atoms with Gasteiger partial charge < -0.3 is 9.47 Å². The Kier molecular flexibility index (Phi) is 7.46. The van der Waals surface area contributed by atoms with Crippen LogP contribution in [0.15, 0.2) is 24.3 Å². The van der Waals surface area contributed by atoms with Gasteiger partial charge in [-0.15, -0.1) is 0 Å². The highest BCUT2D eigenvalue weighted by atomic mass is 16.5. The summed E-state index contributed by atoms with van der Waals surface area (Å²) in [6, 6.07) is 6.62. The number of rotatable bonds is 7. The molecule has 4 nitrogen and oxygen atoms in total. The Labute approximate surface area is 145 Å². The Bertz CT molecular complexity index is 555. The smallest absolute Gasteiger partial charge is 0.339 e. The van der Waals surface area contributed by atoms with Crippen molar-refractivity contribution in [1.82, 2.24) is 0 Å². The largest absolute Gasteiger partial charge is 0.462 e. The van der Waals surface area contributed by atoms with Crippen LogP contribution in [-0.2, 0) is 9.47 Å². The van der Waals surface area contributed by atoms with Crippen LogP contribution < -0.4 is 0 Å². The SMILES string of the molecule is CC(C)COC(=O)c1ccccc1C(=O)OCC(C)CC(C)(C)C. The predicted octanol–water partition coefficient (Wildman–Crippen LogP) is 4.73. The summed E-state index contributed by atoms with van der Waals surface area (Å²) in [7, 11) is 0. The van der Waals surface area contributed by atoms with E-state index in [1.807, 2.05) is 13.8 Å². The van der Waals surface area contributed by atoms with Crippen LogP contribution in [0.2, 0.25) is 0 Å². The fourth-order valence-electron chi connectivity index (χ4n) is 2.56. The van der Waals surface area contributed by atoms with E-state index in [0.29, 0.717) is 13.2 Å². The van der Waals surface area contributed by atoms with Gasteiger partial charge in [0.05, 0.1) is 24.3 Å². The maximum Gasteiger partial charge on any atom is 0.339 e.